The summed E-state index contributed by atoms with van der Waals surface area (Å²) in [6.07, 6.45) is 2.65. The maximum atomic E-state index is 13.0. The van der Waals surface area contributed by atoms with E-state index in [9.17, 15) is 14.0 Å². The number of hydrogen-bond donors (Lipinski definition) is 2. The summed E-state index contributed by atoms with van der Waals surface area (Å²) in [4.78, 5) is 23.5. The predicted molar refractivity (Wildman–Crippen MR) is 90.2 cm³/mol. The second-order valence-electron chi connectivity index (χ2n) is 4.43. The van der Waals surface area contributed by atoms with Crippen molar-refractivity contribution in [2.24, 2.45) is 0 Å². The van der Waals surface area contributed by atoms with Gasteiger partial charge in [-0.15, -0.1) is 0 Å². The van der Waals surface area contributed by atoms with Gasteiger partial charge in [0.2, 0.25) is 0 Å². The molecule has 2 aromatic carbocycles. The van der Waals surface area contributed by atoms with Gasteiger partial charge >= 0.3 is 0 Å². The topological polar surface area (TPSA) is 58.2 Å². The number of carbonyl (C=O) groups excluding carboxylic acids is 2. The molecule has 2 aromatic rings. The minimum absolute atomic E-state index is 0.0326. The van der Waals surface area contributed by atoms with Gasteiger partial charge in [0.25, 0.3) is 11.8 Å². The Morgan fingerprint density at radius 2 is 1.87 bits per heavy atom. The number of nitrogens with one attached hydrogen (secondary N) is 2. The Bertz CT molecular complexity index is 780. The van der Waals surface area contributed by atoms with Crippen LogP contribution in [-0.2, 0) is 4.79 Å². The highest BCUT2D eigenvalue weighted by atomic mass is 79.9. The molecule has 0 saturated carbocycles. The molecule has 0 unspecified atom stereocenters. The van der Waals surface area contributed by atoms with Gasteiger partial charge in [-0.1, -0.05) is 29.8 Å². The number of halogens is 3. The van der Waals surface area contributed by atoms with Crippen LogP contribution in [0, 0.1) is 5.82 Å². The summed E-state index contributed by atoms with van der Waals surface area (Å²) in [6.45, 7) is 0. The van der Waals surface area contributed by atoms with Crippen molar-refractivity contribution in [3.63, 3.8) is 0 Å². The molecule has 23 heavy (non-hydrogen) atoms. The molecule has 0 bridgehead atoms. The molecule has 118 valence electrons. The van der Waals surface area contributed by atoms with Crippen molar-refractivity contribution in [3.8, 4) is 0 Å². The Kier molecular flexibility index (Phi) is 5.90. The van der Waals surface area contributed by atoms with E-state index in [2.05, 4.69) is 26.8 Å². The summed E-state index contributed by atoms with van der Waals surface area (Å²) in [6, 6.07) is 10.9. The molecule has 2 amide bonds. The van der Waals surface area contributed by atoms with Gasteiger partial charge in [0.05, 0.1) is 10.6 Å². The standard InChI is InChI=1S/C16H11BrClFN2O2/c17-12-4-2-1-3-11(12)16(23)21-20-15(22)8-6-10-5-7-14(19)13(18)9-10/h1-9H,(H,20,22)(H,21,23)/b8-6+. The Hall–Kier alpha value is -2.18. The molecule has 7 heteroatoms. The minimum Gasteiger partial charge on any atom is -0.268 e. The van der Waals surface area contributed by atoms with E-state index in [1.807, 2.05) is 0 Å². The number of benzene rings is 2. The van der Waals surface area contributed by atoms with Gasteiger partial charge in [-0.2, -0.15) is 0 Å². The fourth-order valence-electron chi connectivity index (χ4n) is 1.66. The highest BCUT2D eigenvalue weighted by Gasteiger charge is 2.09. The summed E-state index contributed by atoms with van der Waals surface area (Å²) in [7, 11) is 0. The van der Waals surface area contributed by atoms with E-state index >= 15 is 0 Å². The summed E-state index contributed by atoms with van der Waals surface area (Å²) < 4.78 is 13.6. The van der Waals surface area contributed by atoms with Crippen LogP contribution >= 0.6 is 27.5 Å². The lowest BCUT2D eigenvalue weighted by Crippen LogP contribution is -2.40. The fraction of sp³-hybridized carbons (Fsp3) is 0. The van der Waals surface area contributed by atoms with Gasteiger partial charge < -0.3 is 0 Å². The third-order valence-corrected chi connectivity index (χ3v) is 3.77. The average molecular weight is 398 g/mol. The van der Waals surface area contributed by atoms with E-state index in [1.165, 1.54) is 30.4 Å². The van der Waals surface area contributed by atoms with Crippen LogP contribution in [0.5, 0.6) is 0 Å². The Morgan fingerprint density at radius 1 is 1.13 bits per heavy atom. The fourth-order valence-corrected chi connectivity index (χ4v) is 2.31. The van der Waals surface area contributed by atoms with Crippen LogP contribution in [-0.4, -0.2) is 11.8 Å². The van der Waals surface area contributed by atoms with Crippen molar-refractivity contribution >= 4 is 45.4 Å². The third kappa shape index (κ3) is 4.91. The van der Waals surface area contributed by atoms with Crippen molar-refractivity contribution in [2.45, 2.75) is 0 Å². The first-order valence-corrected chi connectivity index (χ1v) is 7.62. The monoisotopic (exact) mass is 396 g/mol. The zero-order chi connectivity index (χ0) is 16.8. The number of carbonyl (C=O) groups is 2. The first kappa shape index (κ1) is 17.2. The van der Waals surface area contributed by atoms with Gasteiger partial charge in [-0.05, 0) is 51.8 Å². The van der Waals surface area contributed by atoms with Crippen LogP contribution in [0.1, 0.15) is 15.9 Å². The van der Waals surface area contributed by atoms with Crippen LogP contribution in [0.2, 0.25) is 5.02 Å². The Morgan fingerprint density at radius 3 is 2.57 bits per heavy atom. The lowest BCUT2D eigenvalue weighted by molar-refractivity contribution is -0.117. The van der Waals surface area contributed by atoms with E-state index in [4.69, 9.17) is 11.6 Å². The van der Waals surface area contributed by atoms with Gasteiger partial charge in [0.1, 0.15) is 5.82 Å². The minimum atomic E-state index is -0.536. The van der Waals surface area contributed by atoms with E-state index < -0.39 is 17.6 Å². The number of hydrazine groups is 1. The van der Waals surface area contributed by atoms with Crippen molar-refractivity contribution < 1.29 is 14.0 Å². The molecule has 0 heterocycles. The second kappa shape index (κ2) is 7.89. The summed E-state index contributed by atoms with van der Waals surface area (Å²) in [5.41, 5.74) is 5.49. The zero-order valence-electron chi connectivity index (χ0n) is 11.6. The van der Waals surface area contributed by atoms with Gasteiger partial charge in [-0.25, -0.2) is 4.39 Å². The van der Waals surface area contributed by atoms with Gasteiger partial charge in [0.15, 0.2) is 0 Å². The number of rotatable bonds is 3. The normalized spacial score (nSPS) is 10.6. The molecule has 0 aliphatic carbocycles. The van der Waals surface area contributed by atoms with Crippen LogP contribution in [0.25, 0.3) is 6.08 Å². The molecular formula is C16H11BrClFN2O2. The van der Waals surface area contributed by atoms with Crippen molar-refractivity contribution in [3.05, 3.63) is 75.0 Å². The maximum Gasteiger partial charge on any atom is 0.270 e. The molecular weight excluding hydrogens is 387 g/mol. The molecule has 2 N–H and O–H groups in total. The number of amides is 2. The third-order valence-electron chi connectivity index (χ3n) is 2.79. The van der Waals surface area contributed by atoms with Crippen molar-refractivity contribution in [2.75, 3.05) is 0 Å². The van der Waals surface area contributed by atoms with E-state index in [0.29, 0.717) is 15.6 Å². The first-order valence-electron chi connectivity index (χ1n) is 6.45. The molecule has 0 aromatic heterocycles. The predicted octanol–water partition coefficient (Wildman–Crippen LogP) is 3.72. The van der Waals surface area contributed by atoms with Crippen LogP contribution in [0.15, 0.2) is 53.0 Å². The van der Waals surface area contributed by atoms with Gasteiger partial charge in [0, 0.05) is 10.5 Å². The molecule has 0 aliphatic heterocycles. The maximum absolute atomic E-state index is 13.0. The smallest absolute Gasteiger partial charge is 0.268 e. The van der Waals surface area contributed by atoms with Crippen LogP contribution in [0.4, 0.5) is 4.39 Å². The molecule has 2 rings (SSSR count). The molecule has 0 aliphatic rings. The van der Waals surface area contributed by atoms with Crippen LogP contribution < -0.4 is 10.9 Å². The average Bonchev–Trinajstić information content (AvgIpc) is 2.54. The SMILES string of the molecule is O=C(/C=C/c1ccc(F)c(Cl)c1)NNC(=O)c1ccccc1Br. The Labute approximate surface area is 145 Å². The molecule has 0 fully saturated rings. The zero-order valence-corrected chi connectivity index (χ0v) is 14.0. The molecule has 0 radical (unpaired) electrons. The second-order valence-corrected chi connectivity index (χ2v) is 5.69. The summed E-state index contributed by atoms with van der Waals surface area (Å²) in [5.74, 6) is -1.52. The number of hydrogen-bond acceptors (Lipinski definition) is 2. The van der Waals surface area contributed by atoms with E-state index in [0.717, 1.165) is 0 Å². The molecule has 0 atom stereocenters. The lowest BCUT2D eigenvalue weighted by atomic mass is 10.2. The van der Waals surface area contributed by atoms with E-state index in [1.54, 1.807) is 24.3 Å². The summed E-state index contributed by atoms with van der Waals surface area (Å²) >= 11 is 8.89. The Balaban J connectivity index is 1.92. The quantitative estimate of drug-likeness (QED) is 0.613. The molecule has 4 nitrogen and oxygen atoms in total. The first-order chi connectivity index (χ1) is 11.0. The molecule has 0 spiro atoms. The van der Waals surface area contributed by atoms with Crippen LogP contribution in [0.3, 0.4) is 0 Å². The lowest BCUT2D eigenvalue weighted by Gasteiger charge is -2.06. The highest BCUT2D eigenvalue weighted by Crippen LogP contribution is 2.17. The van der Waals surface area contributed by atoms with Gasteiger partial charge in [-0.3, -0.25) is 20.4 Å². The largest absolute Gasteiger partial charge is 0.270 e. The van der Waals surface area contributed by atoms with Crippen molar-refractivity contribution in [1.29, 1.82) is 0 Å². The summed E-state index contributed by atoms with van der Waals surface area (Å²) in [5, 5.41) is -0.0326. The van der Waals surface area contributed by atoms with E-state index in [-0.39, 0.29) is 5.02 Å². The van der Waals surface area contributed by atoms with Crippen molar-refractivity contribution in [1.82, 2.24) is 10.9 Å². The molecule has 0 saturated heterocycles. The highest BCUT2D eigenvalue weighted by molar-refractivity contribution is 9.10.